The summed E-state index contributed by atoms with van der Waals surface area (Å²) in [5.74, 6) is -0.247. The highest BCUT2D eigenvalue weighted by molar-refractivity contribution is 5.72. The average Bonchev–Trinajstić information content (AvgIpc) is 2.10. The molecule has 90 valence electrons. The Morgan fingerprint density at radius 1 is 1.20 bits per heavy atom. The number of nitrogens with zero attached hydrogens (tertiary/aromatic N) is 2. The molecule has 0 aromatic carbocycles. The number of aliphatic carboxylic acids is 1. The van der Waals surface area contributed by atoms with Gasteiger partial charge < -0.3 is 10.0 Å². The zero-order valence-corrected chi connectivity index (χ0v) is 10.5. The first-order valence-electron chi connectivity index (χ1n) is 5.46. The second-order valence-electron chi connectivity index (χ2n) is 4.71. The second kappa shape index (κ2) is 6.80. The lowest BCUT2D eigenvalue weighted by atomic mass is 10.1. The number of carboxylic acids is 1. The van der Waals surface area contributed by atoms with Gasteiger partial charge in [-0.2, -0.15) is 0 Å². The minimum atomic E-state index is -0.741. The fourth-order valence-corrected chi connectivity index (χ4v) is 1.40. The molecule has 1 N–H and O–H groups in total. The smallest absolute Gasteiger partial charge is 0.320 e. The van der Waals surface area contributed by atoms with E-state index >= 15 is 0 Å². The van der Waals surface area contributed by atoms with Crippen LogP contribution in [0.25, 0.3) is 0 Å². The Morgan fingerprint density at radius 3 is 2.07 bits per heavy atom. The van der Waals surface area contributed by atoms with E-state index in [1.165, 1.54) is 0 Å². The summed E-state index contributed by atoms with van der Waals surface area (Å²) in [4.78, 5) is 15.0. The van der Waals surface area contributed by atoms with Crippen LogP contribution in [0.15, 0.2) is 0 Å². The van der Waals surface area contributed by atoms with Crippen molar-refractivity contribution in [2.45, 2.75) is 26.8 Å². The number of likely N-dealkylation sites (N-methyl/N-ethyl adjacent to an activating group) is 1. The van der Waals surface area contributed by atoms with E-state index < -0.39 is 12.0 Å². The number of hydrogen-bond donors (Lipinski definition) is 1. The SMILES string of the molecule is CC(C)CN(CCN(C)C)C(C)C(=O)O. The van der Waals surface area contributed by atoms with Crippen molar-refractivity contribution < 1.29 is 9.90 Å². The van der Waals surface area contributed by atoms with Crippen molar-refractivity contribution >= 4 is 5.97 Å². The van der Waals surface area contributed by atoms with E-state index in [-0.39, 0.29) is 0 Å². The van der Waals surface area contributed by atoms with Crippen molar-refractivity contribution in [1.82, 2.24) is 9.80 Å². The second-order valence-corrected chi connectivity index (χ2v) is 4.71. The largest absolute Gasteiger partial charge is 0.480 e. The Bertz CT molecular complexity index is 193. The van der Waals surface area contributed by atoms with Crippen LogP contribution >= 0.6 is 0 Å². The summed E-state index contributed by atoms with van der Waals surface area (Å²) in [6, 6.07) is -0.396. The molecule has 1 unspecified atom stereocenters. The fraction of sp³-hybridized carbons (Fsp3) is 0.909. The topological polar surface area (TPSA) is 43.8 Å². The summed E-state index contributed by atoms with van der Waals surface area (Å²) in [5, 5.41) is 8.98. The molecule has 0 spiro atoms. The summed E-state index contributed by atoms with van der Waals surface area (Å²) >= 11 is 0. The van der Waals surface area contributed by atoms with Crippen LogP contribution in [0.2, 0.25) is 0 Å². The zero-order valence-electron chi connectivity index (χ0n) is 10.5. The zero-order chi connectivity index (χ0) is 12.0. The molecule has 4 heteroatoms. The van der Waals surface area contributed by atoms with E-state index in [0.717, 1.165) is 19.6 Å². The van der Waals surface area contributed by atoms with E-state index in [4.69, 9.17) is 5.11 Å². The van der Waals surface area contributed by atoms with Crippen molar-refractivity contribution in [2.24, 2.45) is 5.92 Å². The van der Waals surface area contributed by atoms with Crippen LogP contribution in [-0.2, 0) is 4.79 Å². The molecular formula is C11H24N2O2. The molecule has 15 heavy (non-hydrogen) atoms. The number of rotatable bonds is 7. The Balaban J connectivity index is 4.23. The van der Waals surface area contributed by atoms with Gasteiger partial charge in [0.15, 0.2) is 0 Å². The highest BCUT2D eigenvalue weighted by atomic mass is 16.4. The third kappa shape index (κ3) is 6.47. The van der Waals surface area contributed by atoms with E-state index in [2.05, 4.69) is 18.7 Å². The molecule has 0 aromatic heterocycles. The first-order chi connectivity index (χ1) is 6.84. The van der Waals surface area contributed by atoms with Gasteiger partial charge in [-0.1, -0.05) is 13.8 Å². The molecule has 0 aliphatic carbocycles. The molecular weight excluding hydrogens is 192 g/mol. The highest BCUT2D eigenvalue weighted by Gasteiger charge is 2.20. The lowest BCUT2D eigenvalue weighted by Gasteiger charge is -2.29. The molecule has 0 saturated heterocycles. The van der Waals surface area contributed by atoms with E-state index in [9.17, 15) is 4.79 Å². The van der Waals surface area contributed by atoms with Crippen LogP contribution in [0.4, 0.5) is 0 Å². The van der Waals surface area contributed by atoms with Crippen LogP contribution in [0, 0.1) is 5.92 Å². The maximum absolute atomic E-state index is 10.9. The molecule has 0 radical (unpaired) electrons. The Hall–Kier alpha value is -0.610. The predicted molar refractivity (Wildman–Crippen MR) is 62.1 cm³/mol. The van der Waals surface area contributed by atoms with Gasteiger partial charge in [-0.25, -0.2) is 0 Å². The number of hydrogen-bond acceptors (Lipinski definition) is 3. The van der Waals surface area contributed by atoms with Gasteiger partial charge >= 0.3 is 5.97 Å². The van der Waals surface area contributed by atoms with Crippen molar-refractivity contribution in [2.75, 3.05) is 33.7 Å². The summed E-state index contributed by atoms with van der Waals surface area (Å²) in [6.45, 7) is 8.50. The minimum Gasteiger partial charge on any atom is -0.480 e. The summed E-state index contributed by atoms with van der Waals surface area (Å²) in [5.41, 5.74) is 0. The summed E-state index contributed by atoms with van der Waals surface area (Å²) in [6.07, 6.45) is 0. The minimum absolute atomic E-state index is 0.396. The molecule has 0 amide bonds. The maximum atomic E-state index is 10.9. The van der Waals surface area contributed by atoms with Crippen LogP contribution in [0.1, 0.15) is 20.8 Å². The van der Waals surface area contributed by atoms with Gasteiger partial charge in [0.25, 0.3) is 0 Å². The van der Waals surface area contributed by atoms with Crippen LogP contribution in [-0.4, -0.2) is 60.6 Å². The lowest BCUT2D eigenvalue weighted by Crippen LogP contribution is -2.44. The molecule has 0 aliphatic heterocycles. The molecule has 4 nitrogen and oxygen atoms in total. The maximum Gasteiger partial charge on any atom is 0.320 e. The first kappa shape index (κ1) is 14.4. The van der Waals surface area contributed by atoms with E-state index in [1.807, 2.05) is 19.0 Å². The third-order valence-corrected chi connectivity index (χ3v) is 2.34. The first-order valence-corrected chi connectivity index (χ1v) is 5.46. The van der Waals surface area contributed by atoms with Crippen LogP contribution < -0.4 is 0 Å². The predicted octanol–water partition coefficient (Wildman–Crippen LogP) is 0.979. The van der Waals surface area contributed by atoms with E-state index in [0.29, 0.717) is 5.92 Å². The van der Waals surface area contributed by atoms with Gasteiger partial charge in [-0.05, 0) is 26.9 Å². The Labute approximate surface area is 92.9 Å². The Morgan fingerprint density at radius 2 is 1.73 bits per heavy atom. The normalized spacial score (nSPS) is 13.9. The molecule has 0 rings (SSSR count). The molecule has 0 saturated carbocycles. The van der Waals surface area contributed by atoms with Gasteiger partial charge in [0.1, 0.15) is 6.04 Å². The molecule has 0 bridgehead atoms. The van der Waals surface area contributed by atoms with Crippen LogP contribution in [0.5, 0.6) is 0 Å². The van der Waals surface area contributed by atoms with Gasteiger partial charge in [-0.3, -0.25) is 9.69 Å². The third-order valence-electron chi connectivity index (χ3n) is 2.34. The van der Waals surface area contributed by atoms with Gasteiger partial charge in [0, 0.05) is 19.6 Å². The quantitative estimate of drug-likeness (QED) is 0.689. The average molecular weight is 216 g/mol. The summed E-state index contributed by atoms with van der Waals surface area (Å²) in [7, 11) is 4.00. The standard InChI is InChI=1S/C11H24N2O2/c1-9(2)8-13(7-6-12(4)5)10(3)11(14)15/h9-10H,6-8H2,1-5H3,(H,14,15). The molecule has 0 fully saturated rings. The van der Waals surface area contributed by atoms with Crippen molar-refractivity contribution in [1.29, 1.82) is 0 Å². The van der Waals surface area contributed by atoms with Gasteiger partial charge in [-0.15, -0.1) is 0 Å². The Kier molecular flexibility index (Phi) is 6.52. The van der Waals surface area contributed by atoms with E-state index in [1.54, 1.807) is 6.92 Å². The molecule has 1 atom stereocenters. The monoisotopic (exact) mass is 216 g/mol. The van der Waals surface area contributed by atoms with Crippen molar-refractivity contribution in [3.8, 4) is 0 Å². The molecule has 0 heterocycles. The van der Waals surface area contributed by atoms with Gasteiger partial charge in [0.2, 0.25) is 0 Å². The van der Waals surface area contributed by atoms with Crippen molar-refractivity contribution in [3.05, 3.63) is 0 Å². The number of carbonyl (C=O) groups is 1. The lowest BCUT2D eigenvalue weighted by molar-refractivity contribution is -0.142. The summed E-state index contributed by atoms with van der Waals surface area (Å²) < 4.78 is 0. The fourth-order valence-electron chi connectivity index (χ4n) is 1.40. The number of carboxylic acid groups (broad SMARTS) is 1. The van der Waals surface area contributed by atoms with Crippen molar-refractivity contribution in [3.63, 3.8) is 0 Å². The van der Waals surface area contributed by atoms with Gasteiger partial charge in [0.05, 0.1) is 0 Å². The molecule has 0 aliphatic rings. The molecule has 0 aromatic rings. The van der Waals surface area contributed by atoms with Crippen LogP contribution in [0.3, 0.4) is 0 Å². The highest BCUT2D eigenvalue weighted by Crippen LogP contribution is 2.04.